The van der Waals surface area contributed by atoms with Crippen molar-refractivity contribution in [3.8, 4) is 0 Å². The maximum Gasteiger partial charge on any atom is 0.0716 e. The zero-order valence-electron chi connectivity index (χ0n) is 11.7. The van der Waals surface area contributed by atoms with Gasteiger partial charge in [0.15, 0.2) is 0 Å². The zero-order valence-corrected chi connectivity index (χ0v) is 11.7. The van der Waals surface area contributed by atoms with Crippen LogP contribution in [0.5, 0.6) is 0 Å². The van der Waals surface area contributed by atoms with Crippen molar-refractivity contribution in [1.82, 2.24) is 0 Å². The molecule has 0 spiro atoms. The summed E-state index contributed by atoms with van der Waals surface area (Å²) >= 11 is 0. The second-order valence-corrected chi connectivity index (χ2v) is 5.65. The van der Waals surface area contributed by atoms with Gasteiger partial charge in [-0.1, -0.05) is 52.0 Å². The average Bonchev–Trinajstić information content (AvgIpc) is 2.24. The van der Waals surface area contributed by atoms with Crippen LogP contribution in [0, 0.1) is 11.8 Å². The lowest BCUT2D eigenvalue weighted by Gasteiger charge is -2.09. The molecular weight excluding hydrogens is 208 g/mol. The third-order valence-electron chi connectivity index (χ3n) is 2.74. The van der Waals surface area contributed by atoms with Crippen LogP contribution in [0.15, 0.2) is 24.3 Å². The van der Waals surface area contributed by atoms with Crippen molar-refractivity contribution >= 4 is 0 Å². The molecule has 1 nitrogen and oxygen atoms in total. The molecule has 0 heterocycles. The standard InChI is InChI=1S/C16H26O/c1-13(2)8-9-17-12-16-7-5-6-15(11-16)10-14(3)4/h5-7,11,13-14H,8-10,12H2,1-4H3. The second-order valence-electron chi connectivity index (χ2n) is 5.65. The minimum absolute atomic E-state index is 0.715. The van der Waals surface area contributed by atoms with Gasteiger partial charge in [0, 0.05) is 6.61 Å². The van der Waals surface area contributed by atoms with E-state index in [0.717, 1.165) is 32.0 Å². The first-order valence-corrected chi connectivity index (χ1v) is 6.73. The van der Waals surface area contributed by atoms with Gasteiger partial charge >= 0.3 is 0 Å². The van der Waals surface area contributed by atoms with Gasteiger partial charge < -0.3 is 4.74 Å². The average molecular weight is 234 g/mol. The van der Waals surface area contributed by atoms with E-state index in [-0.39, 0.29) is 0 Å². The van der Waals surface area contributed by atoms with Crippen LogP contribution in [0.25, 0.3) is 0 Å². The summed E-state index contributed by atoms with van der Waals surface area (Å²) < 4.78 is 5.69. The van der Waals surface area contributed by atoms with Crippen molar-refractivity contribution in [2.24, 2.45) is 11.8 Å². The summed E-state index contributed by atoms with van der Waals surface area (Å²) in [4.78, 5) is 0. The predicted octanol–water partition coefficient (Wildman–Crippen LogP) is 4.45. The van der Waals surface area contributed by atoms with E-state index >= 15 is 0 Å². The SMILES string of the molecule is CC(C)CCOCc1cccc(CC(C)C)c1. The smallest absolute Gasteiger partial charge is 0.0716 e. The van der Waals surface area contributed by atoms with Gasteiger partial charge in [0.1, 0.15) is 0 Å². The quantitative estimate of drug-likeness (QED) is 0.633. The first-order chi connectivity index (χ1) is 8.08. The van der Waals surface area contributed by atoms with E-state index in [1.165, 1.54) is 11.1 Å². The maximum atomic E-state index is 5.69. The molecule has 0 N–H and O–H groups in total. The van der Waals surface area contributed by atoms with Gasteiger partial charge in [-0.15, -0.1) is 0 Å². The van der Waals surface area contributed by atoms with Crippen molar-refractivity contribution in [2.75, 3.05) is 6.61 Å². The highest BCUT2D eigenvalue weighted by molar-refractivity contribution is 5.23. The summed E-state index contributed by atoms with van der Waals surface area (Å²) in [5.41, 5.74) is 2.72. The largest absolute Gasteiger partial charge is 0.377 e. The third-order valence-corrected chi connectivity index (χ3v) is 2.74. The van der Waals surface area contributed by atoms with Crippen molar-refractivity contribution in [3.63, 3.8) is 0 Å². The van der Waals surface area contributed by atoms with E-state index in [1.54, 1.807) is 0 Å². The molecule has 0 amide bonds. The molecule has 1 aromatic rings. The number of ether oxygens (including phenoxy) is 1. The summed E-state index contributed by atoms with van der Waals surface area (Å²) in [5.74, 6) is 1.44. The molecular formula is C16H26O. The molecule has 0 aliphatic rings. The highest BCUT2D eigenvalue weighted by Crippen LogP contribution is 2.11. The Kier molecular flexibility index (Phi) is 6.28. The minimum Gasteiger partial charge on any atom is -0.377 e. The van der Waals surface area contributed by atoms with Gasteiger partial charge in [-0.2, -0.15) is 0 Å². The Hall–Kier alpha value is -0.820. The first-order valence-electron chi connectivity index (χ1n) is 6.73. The van der Waals surface area contributed by atoms with E-state index in [1.807, 2.05) is 0 Å². The van der Waals surface area contributed by atoms with Crippen LogP contribution in [-0.4, -0.2) is 6.61 Å². The summed E-state index contributed by atoms with van der Waals surface area (Å²) in [6, 6.07) is 8.77. The fourth-order valence-corrected chi connectivity index (χ4v) is 1.83. The third kappa shape index (κ3) is 6.48. The number of benzene rings is 1. The van der Waals surface area contributed by atoms with E-state index in [0.29, 0.717) is 5.92 Å². The van der Waals surface area contributed by atoms with Gasteiger partial charge in [-0.3, -0.25) is 0 Å². The normalized spacial score (nSPS) is 11.4. The Balaban J connectivity index is 2.37. The molecule has 0 saturated heterocycles. The first kappa shape index (κ1) is 14.2. The highest BCUT2D eigenvalue weighted by atomic mass is 16.5. The molecule has 1 aromatic carbocycles. The van der Waals surface area contributed by atoms with Crippen LogP contribution in [-0.2, 0) is 17.8 Å². The molecule has 0 atom stereocenters. The Morgan fingerprint density at radius 3 is 2.35 bits per heavy atom. The molecule has 0 radical (unpaired) electrons. The number of hydrogen-bond acceptors (Lipinski definition) is 1. The number of hydrogen-bond donors (Lipinski definition) is 0. The number of rotatable bonds is 7. The van der Waals surface area contributed by atoms with Crippen LogP contribution in [0.1, 0.15) is 45.2 Å². The van der Waals surface area contributed by atoms with Gasteiger partial charge in [0.05, 0.1) is 6.61 Å². The van der Waals surface area contributed by atoms with Crippen molar-refractivity contribution in [1.29, 1.82) is 0 Å². The molecule has 96 valence electrons. The molecule has 0 unspecified atom stereocenters. The fraction of sp³-hybridized carbons (Fsp3) is 0.625. The van der Waals surface area contributed by atoms with Gasteiger partial charge in [-0.05, 0) is 35.8 Å². The maximum absolute atomic E-state index is 5.69. The molecule has 0 aliphatic heterocycles. The minimum atomic E-state index is 0.715. The topological polar surface area (TPSA) is 9.23 Å². The predicted molar refractivity (Wildman–Crippen MR) is 74.1 cm³/mol. The molecule has 0 aliphatic carbocycles. The van der Waals surface area contributed by atoms with Crippen LogP contribution < -0.4 is 0 Å². The van der Waals surface area contributed by atoms with E-state index in [2.05, 4.69) is 52.0 Å². The van der Waals surface area contributed by atoms with E-state index in [9.17, 15) is 0 Å². The zero-order chi connectivity index (χ0) is 12.7. The Morgan fingerprint density at radius 1 is 1.00 bits per heavy atom. The van der Waals surface area contributed by atoms with Crippen LogP contribution in [0.4, 0.5) is 0 Å². The summed E-state index contributed by atoms with van der Waals surface area (Å²) in [7, 11) is 0. The molecule has 0 bridgehead atoms. The van der Waals surface area contributed by atoms with Crippen molar-refractivity contribution in [2.45, 2.75) is 47.1 Å². The Labute approximate surface area is 106 Å². The van der Waals surface area contributed by atoms with Crippen LogP contribution in [0.3, 0.4) is 0 Å². The fourth-order valence-electron chi connectivity index (χ4n) is 1.83. The summed E-state index contributed by atoms with van der Waals surface area (Å²) in [5, 5.41) is 0. The molecule has 1 heteroatoms. The summed E-state index contributed by atoms with van der Waals surface area (Å²) in [6.45, 7) is 10.6. The second kappa shape index (κ2) is 7.50. The molecule has 0 fully saturated rings. The highest BCUT2D eigenvalue weighted by Gasteiger charge is 2.00. The lowest BCUT2D eigenvalue weighted by molar-refractivity contribution is 0.110. The molecule has 0 saturated carbocycles. The van der Waals surface area contributed by atoms with Crippen molar-refractivity contribution < 1.29 is 4.74 Å². The molecule has 0 aromatic heterocycles. The van der Waals surface area contributed by atoms with Gasteiger partial charge in [0.2, 0.25) is 0 Å². The Morgan fingerprint density at radius 2 is 1.71 bits per heavy atom. The lowest BCUT2D eigenvalue weighted by Crippen LogP contribution is -2.00. The monoisotopic (exact) mass is 234 g/mol. The molecule has 1 rings (SSSR count). The van der Waals surface area contributed by atoms with Crippen LogP contribution in [0.2, 0.25) is 0 Å². The van der Waals surface area contributed by atoms with E-state index < -0.39 is 0 Å². The van der Waals surface area contributed by atoms with Crippen LogP contribution >= 0.6 is 0 Å². The van der Waals surface area contributed by atoms with Gasteiger partial charge in [0.25, 0.3) is 0 Å². The van der Waals surface area contributed by atoms with Gasteiger partial charge in [-0.25, -0.2) is 0 Å². The summed E-state index contributed by atoms with van der Waals surface area (Å²) in [6.07, 6.45) is 2.30. The molecule has 17 heavy (non-hydrogen) atoms. The lowest BCUT2D eigenvalue weighted by atomic mass is 10.0. The van der Waals surface area contributed by atoms with Crippen molar-refractivity contribution in [3.05, 3.63) is 35.4 Å². The Bertz CT molecular complexity index is 315. The van der Waals surface area contributed by atoms with E-state index in [4.69, 9.17) is 4.74 Å².